The average molecular weight is 414 g/mol. The number of alkyl halides is 1. The number of aliphatic hydroxyl groups is 3. The molecule has 0 aliphatic rings. The van der Waals surface area contributed by atoms with Gasteiger partial charge in [0.25, 0.3) is 0 Å². The molecule has 0 radical (unpaired) electrons. The molecule has 0 aromatic carbocycles. The second-order valence-corrected chi connectivity index (χ2v) is 5.47. The van der Waals surface area contributed by atoms with Crippen molar-refractivity contribution in [3.63, 3.8) is 0 Å². The molecule has 0 aliphatic carbocycles. The van der Waals surface area contributed by atoms with Gasteiger partial charge >= 0.3 is 18.0 Å². The van der Waals surface area contributed by atoms with Crippen molar-refractivity contribution in [1.29, 1.82) is 0 Å². The van der Waals surface area contributed by atoms with E-state index in [1.54, 1.807) is 0 Å². The van der Waals surface area contributed by atoms with Crippen LogP contribution in [0.4, 0.5) is 4.79 Å². The van der Waals surface area contributed by atoms with Crippen molar-refractivity contribution in [1.82, 2.24) is 10.3 Å². The van der Waals surface area contributed by atoms with Crippen molar-refractivity contribution in [2.75, 3.05) is 19.0 Å². The Labute approximate surface area is 157 Å². The summed E-state index contributed by atoms with van der Waals surface area (Å²) in [5.41, 5.74) is 0. The minimum atomic E-state index is -2.28. The number of carbonyl (C=O) groups excluding carboxylic acids is 3. The molecule has 4 atom stereocenters. The molecule has 0 spiro atoms. The molecule has 154 valence electrons. The van der Waals surface area contributed by atoms with Crippen LogP contribution in [-0.4, -0.2) is 93.1 Å². The first-order chi connectivity index (χ1) is 12.7. The number of hydrogen-bond donors (Lipinski definition) is 5. The number of halogens is 1. The maximum Gasteiger partial charge on any atom is 0.341 e. The van der Waals surface area contributed by atoms with E-state index in [-0.39, 0.29) is 38.2 Å². The monoisotopic (exact) mass is 413 g/mol. The van der Waals surface area contributed by atoms with Gasteiger partial charge in [-0.05, 0) is 6.42 Å². The summed E-state index contributed by atoms with van der Waals surface area (Å²) in [4.78, 5) is 55.1. The number of carboxylic acids is 1. The fraction of sp³-hybridized carbons (Fsp3) is 0.692. The molecule has 5 N–H and O–H groups in total. The molecule has 0 unspecified atom stereocenters. The summed E-state index contributed by atoms with van der Waals surface area (Å²) >= 11 is 5.35. The highest BCUT2D eigenvalue weighted by Crippen LogP contribution is 2.07. The number of nitrogens with one attached hydrogen (secondary N) is 1. The fourth-order valence-electron chi connectivity index (χ4n) is 1.70. The van der Waals surface area contributed by atoms with E-state index in [4.69, 9.17) is 16.7 Å². The molecule has 0 saturated carbocycles. The van der Waals surface area contributed by atoms with Gasteiger partial charge in [0.15, 0.2) is 6.10 Å². The number of esters is 1. The van der Waals surface area contributed by atoms with E-state index in [1.807, 2.05) is 5.32 Å². The van der Waals surface area contributed by atoms with Crippen LogP contribution in [0.1, 0.15) is 12.8 Å². The van der Waals surface area contributed by atoms with Crippen molar-refractivity contribution < 1.29 is 44.3 Å². The lowest BCUT2D eigenvalue weighted by Crippen LogP contribution is -2.56. The number of nitroso groups, excluding NO2 is 1. The number of aldehydes is 1. The van der Waals surface area contributed by atoms with E-state index < -0.39 is 42.3 Å². The number of carboxylic acid groups (broad SMARTS) is 1. The van der Waals surface area contributed by atoms with Crippen LogP contribution in [0.5, 0.6) is 0 Å². The van der Waals surface area contributed by atoms with E-state index in [0.717, 1.165) is 0 Å². The summed E-state index contributed by atoms with van der Waals surface area (Å²) < 4.78 is 4.53. The van der Waals surface area contributed by atoms with E-state index >= 15 is 0 Å². The normalized spacial score (nSPS) is 15.0. The third-order valence-electron chi connectivity index (χ3n) is 3.13. The van der Waals surface area contributed by atoms with Crippen LogP contribution in [0, 0.1) is 4.91 Å². The Morgan fingerprint density at radius 2 is 1.85 bits per heavy atom. The van der Waals surface area contributed by atoms with E-state index in [9.17, 15) is 39.4 Å². The molecule has 0 aromatic rings. The van der Waals surface area contributed by atoms with Crippen LogP contribution >= 0.6 is 11.6 Å². The number of carbonyl (C=O) groups is 4. The number of amides is 2. The summed E-state index contributed by atoms with van der Waals surface area (Å²) in [7, 11) is 0. The first kappa shape index (κ1) is 24.7. The summed E-state index contributed by atoms with van der Waals surface area (Å²) in [5, 5.41) is 42.3. The zero-order valence-corrected chi connectivity index (χ0v) is 14.7. The molecule has 0 rings (SSSR count). The summed E-state index contributed by atoms with van der Waals surface area (Å²) in [6.07, 6.45) is -7.00. The van der Waals surface area contributed by atoms with Crippen LogP contribution in [0.3, 0.4) is 0 Å². The highest BCUT2D eigenvalue weighted by Gasteiger charge is 2.37. The molecule has 0 heterocycles. The van der Waals surface area contributed by atoms with Gasteiger partial charge in [0, 0.05) is 12.3 Å². The standard InChI is InChI=1S/C13H20ClN3O10/c14-3-4-17(16-26)13(25)15-7(6-18)9(21)10(22)11(23)12(24)27-5-1-2-8(19)20/h6-7,9-11,21-23H,1-5H2,(H,15,25)(H,19,20)/t7-,9+,10-,11-/m0/s1. The van der Waals surface area contributed by atoms with E-state index in [1.165, 1.54) is 0 Å². The SMILES string of the molecule is O=C[C@H](NC(=O)N(CCCl)N=O)[C@@H](O)[C@H](O)[C@H](O)C(=O)OCCCC(=O)O. The van der Waals surface area contributed by atoms with Crippen LogP contribution in [-0.2, 0) is 19.1 Å². The Morgan fingerprint density at radius 1 is 1.22 bits per heavy atom. The van der Waals surface area contributed by atoms with Gasteiger partial charge in [0.2, 0.25) is 0 Å². The van der Waals surface area contributed by atoms with Gasteiger partial charge in [-0.3, -0.25) is 4.79 Å². The van der Waals surface area contributed by atoms with Gasteiger partial charge in [0.1, 0.15) is 24.5 Å². The minimum absolute atomic E-state index is 0.000375. The van der Waals surface area contributed by atoms with Crippen LogP contribution < -0.4 is 5.32 Å². The Bertz CT molecular complexity index is 534. The Hall–Kier alpha value is -2.35. The maximum absolute atomic E-state index is 11.7. The average Bonchev–Trinajstić information content (AvgIpc) is 2.64. The van der Waals surface area contributed by atoms with E-state index in [0.29, 0.717) is 5.01 Å². The number of hydrogen-bond acceptors (Lipinski definition) is 10. The molecule has 0 fully saturated rings. The summed E-state index contributed by atoms with van der Waals surface area (Å²) in [6, 6.07) is -3.01. The topological polar surface area (TPSA) is 203 Å². The zero-order valence-electron chi connectivity index (χ0n) is 13.9. The van der Waals surface area contributed by atoms with Gasteiger partial charge in [0.05, 0.1) is 18.4 Å². The number of urea groups is 1. The lowest BCUT2D eigenvalue weighted by atomic mass is 10.0. The Balaban J connectivity index is 4.75. The quantitative estimate of drug-likeness (QED) is 0.0559. The molecule has 27 heavy (non-hydrogen) atoms. The second kappa shape index (κ2) is 12.9. The molecule has 0 bridgehead atoms. The number of aliphatic carboxylic acids is 1. The zero-order chi connectivity index (χ0) is 21.0. The molecular weight excluding hydrogens is 394 g/mol. The van der Waals surface area contributed by atoms with Crippen molar-refractivity contribution >= 4 is 35.9 Å². The van der Waals surface area contributed by atoms with Crippen molar-refractivity contribution in [3.05, 3.63) is 4.91 Å². The van der Waals surface area contributed by atoms with Gasteiger partial charge < -0.3 is 35.3 Å². The minimum Gasteiger partial charge on any atom is -0.481 e. The molecule has 2 amide bonds. The molecule has 0 aliphatic heterocycles. The second-order valence-electron chi connectivity index (χ2n) is 5.10. The van der Waals surface area contributed by atoms with E-state index in [2.05, 4.69) is 10.0 Å². The third kappa shape index (κ3) is 8.72. The molecule has 0 saturated heterocycles. The van der Waals surface area contributed by atoms with Crippen molar-refractivity contribution in [2.24, 2.45) is 5.29 Å². The number of nitrogens with zero attached hydrogens (tertiary/aromatic N) is 2. The Kier molecular flexibility index (Phi) is 11.8. The highest BCUT2D eigenvalue weighted by molar-refractivity contribution is 6.18. The lowest BCUT2D eigenvalue weighted by Gasteiger charge is -2.26. The lowest BCUT2D eigenvalue weighted by molar-refractivity contribution is -0.166. The fourth-order valence-corrected chi connectivity index (χ4v) is 1.86. The van der Waals surface area contributed by atoms with Gasteiger partial charge in [-0.1, -0.05) is 0 Å². The van der Waals surface area contributed by atoms with Crippen molar-refractivity contribution in [2.45, 2.75) is 37.2 Å². The first-order valence-corrected chi connectivity index (χ1v) is 8.08. The molecule has 0 aromatic heterocycles. The molecular formula is C13H20ClN3O10. The number of rotatable bonds is 13. The third-order valence-corrected chi connectivity index (χ3v) is 3.30. The van der Waals surface area contributed by atoms with Crippen molar-refractivity contribution in [3.8, 4) is 0 Å². The number of aliphatic hydroxyl groups excluding tert-OH is 3. The smallest absolute Gasteiger partial charge is 0.341 e. The van der Waals surface area contributed by atoms with Gasteiger partial charge in [-0.25, -0.2) is 9.59 Å². The van der Waals surface area contributed by atoms with Gasteiger partial charge in [-0.2, -0.15) is 5.01 Å². The predicted octanol–water partition coefficient (Wildman–Crippen LogP) is -2.02. The summed E-state index contributed by atoms with van der Waals surface area (Å²) in [6.45, 7) is -0.663. The largest absolute Gasteiger partial charge is 0.481 e. The first-order valence-electron chi connectivity index (χ1n) is 7.54. The Morgan fingerprint density at radius 3 is 2.33 bits per heavy atom. The molecule has 14 heteroatoms. The van der Waals surface area contributed by atoms with Crippen LogP contribution in [0.25, 0.3) is 0 Å². The maximum atomic E-state index is 11.7. The molecule has 13 nitrogen and oxygen atoms in total. The van der Waals surface area contributed by atoms with Crippen LogP contribution in [0.2, 0.25) is 0 Å². The summed E-state index contributed by atoms with van der Waals surface area (Å²) in [5.74, 6) is -2.65. The predicted molar refractivity (Wildman–Crippen MR) is 87.5 cm³/mol. The number of ether oxygens (including phenoxy) is 1. The van der Waals surface area contributed by atoms with Crippen LogP contribution in [0.15, 0.2) is 5.29 Å². The highest BCUT2D eigenvalue weighted by atomic mass is 35.5. The van der Waals surface area contributed by atoms with Gasteiger partial charge in [-0.15, -0.1) is 16.5 Å².